The molecule has 84 valence electrons. The molecule has 5 nitrogen and oxygen atoms in total. The van der Waals surface area contributed by atoms with Gasteiger partial charge in [-0.15, -0.1) is 0 Å². The lowest BCUT2D eigenvalue weighted by Gasteiger charge is -2.04. The number of anilines is 1. The highest BCUT2D eigenvalue weighted by Gasteiger charge is 2.00. The molecule has 0 heterocycles. The highest BCUT2D eigenvalue weighted by molar-refractivity contribution is 5.84. The van der Waals surface area contributed by atoms with Crippen molar-refractivity contribution in [2.75, 3.05) is 25.5 Å². The van der Waals surface area contributed by atoms with Crippen LogP contribution < -0.4 is 16.8 Å². The highest BCUT2D eigenvalue weighted by atomic mass is 16.5. The molecule has 0 aliphatic carbocycles. The van der Waals surface area contributed by atoms with E-state index >= 15 is 0 Å². The second-order valence-electron chi connectivity index (χ2n) is 2.42. The van der Waals surface area contributed by atoms with Crippen molar-refractivity contribution in [1.82, 2.24) is 0 Å². The lowest BCUT2D eigenvalue weighted by Crippen LogP contribution is -2.18. The Kier molecular flexibility index (Phi) is 8.03. The number of nitrogens with one attached hydrogen (secondary N) is 1. The second-order valence-corrected chi connectivity index (χ2v) is 2.42. The maximum atomic E-state index is 11.0. The SMILES string of the molecule is CN.NCCOC(=O)Nc1ccccc1. The normalized spacial score (nSPS) is 8.47. The molecule has 5 heteroatoms. The summed E-state index contributed by atoms with van der Waals surface area (Å²) < 4.78 is 4.72. The average molecular weight is 211 g/mol. The Hall–Kier alpha value is -1.59. The monoisotopic (exact) mass is 211 g/mol. The van der Waals surface area contributed by atoms with Crippen LogP contribution in [0.25, 0.3) is 0 Å². The summed E-state index contributed by atoms with van der Waals surface area (Å²) in [7, 11) is 1.50. The van der Waals surface area contributed by atoms with Gasteiger partial charge in [0.2, 0.25) is 0 Å². The maximum Gasteiger partial charge on any atom is 0.411 e. The van der Waals surface area contributed by atoms with Crippen LogP contribution in [0.3, 0.4) is 0 Å². The number of benzene rings is 1. The van der Waals surface area contributed by atoms with Gasteiger partial charge < -0.3 is 16.2 Å². The largest absolute Gasteiger partial charge is 0.448 e. The van der Waals surface area contributed by atoms with E-state index in [1.165, 1.54) is 7.05 Å². The van der Waals surface area contributed by atoms with Crippen LogP contribution in [0.15, 0.2) is 30.3 Å². The molecule has 0 radical (unpaired) electrons. The number of ether oxygens (including phenoxy) is 1. The van der Waals surface area contributed by atoms with E-state index < -0.39 is 6.09 Å². The molecule has 0 aromatic heterocycles. The van der Waals surface area contributed by atoms with Crippen molar-refractivity contribution in [2.24, 2.45) is 11.5 Å². The number of rotatable bonds is 3. The van der Waals surface area contributed by atoms with Gasteiger partial charge in [-0.2, -0.15) is 0 Å². The van der Waals surface area contributed by atoms with Crippen LogP contribution in [0.5, 0.6) is 0 Å². The van der Waals surface area contributed by atoms with Crippen molar-refractivity contribution in [2.45, 2.75) is 0 Å². The Morgan fingerprint density at radius 3 is 2.47 bits per heavy atom. The number of nitrogens with two attached hydrogens (primary N) is 2. The molecule has 1 rings (SSSR count). The summed E-state index contributed by atoms with van der Waals surface area (Å²) >= 11 is 0. The lowest BCUT2D eigenvalue weighted by molar-refractivity contribution is 0.165. The molecule has 1 aromatic carbocycles. The van der Waals surface area contributed by atoms with Gasteiger partial charge in [-0.05, 0) is 19.2 Å². The van der Waals surface area contributed by atoms with E-state index in [1.807, 2.05) is 18.2 Å². The topological polar surface area (TPSA) is 90.4 Å². The zero-order valence-electron chi connectivity index (χ0n) is 8.77. The van der Waals surface area contributed by atoms with Gasteiger partial charge in [0.15, 0.2) is 0 Å². The fraction of sp³-hybridized carbons (Fsp3) is 0.300. The number of carbonyl (C=O) groups excluding carboxylic acids is 1. The van der Waals surface area contributed by atoms with Crippen molar-refractivity contribution < 1.29 is 9.53 Å². The van der Waals surface area contributed by atoms with E-state index in [0.717, 1.165) is 0 Å². The third-order valence-electron chi connectivity index (χ3n) is 1.37. The third-order valence-corrected chi connectivity index (χ3v) is 1.37. The van der Waals surface area contributed by atoms with Gasteiger partial charge in [0.05, 0.1) is 0 Å². The molecule has 0 fully saturated rings. The van der Waals surface area contributed by atoms with Crippen molar-refractivity contribution in [3.05, 3.63) is 30.3 Å². The first-order valence-corrected chi connectivity index (χ1v) is 4.59. The van der Waals surface area contributed by atoms with Gasteiger partial charge in [0.25, 0.3) is 0 Å². The smallest absolute Gasteiger partial charge is 0.411 e. The molecular formula is C10H17N3O2. The molecule has 0 aliphatic rings. The van der Waals surface area contributed by atoms with Crippen molar-refractivity contribution in [3.63, 3.8) is 0 Å². The summed E-state index contributed by atoms with van der Waals surface area (Å²) in [6, 6.07) is 9.10. The molecule has 0 spiro atoms. The first-order valence-electron chi connectivity index (χ1n) is 4.59. The minimum atomic E-state index is -0.475. The minimum Gasteiger partial charge on any atom is -0.448 e. The van der Waals surface area contributed by atoms with Crippen molar-refractivity contribution in [1.29, 1.82) is 0 Å². The number of para-hydroxylation sites is 1. The van der Waals surface area contributed by atoms with Crippen LogP contribution in [0.4, 0.5) is 10.5 Å². The van der Waals surface area contributed by atoms with E-state index in [4.69, 9.17) is 10.5 Å². The van der Waals surface area contributed by atoms with E-state index in [1.54, 1.807) is 12.1 Å². The van der Waals surface area contributed by atoms with Crippen LogP contribution in [-0.4, -0.2) is 26.3 Å². The van der Waals surface area contributed by atoms with Crippen molar-refractivity contribution in [3.8, 4) is 0 Å². The summed E-state index contributed by atoms with van der Waals surface area (Å²) in [6.45, 7) is 0.570. The number of hydrogen-bond acceptors (Lipinski definition) is 4. The summed E-state index contributed by atoms with van der Waals surface area (Å²) in [6.07, 6.45) is -0.475. The average Bonchev–Trinajstić information content (AvgIpc) is 2.30. The van der Waals surface area contributed by atoms with E-state index in [-0.39, 0.29) is 6.61 Å². The molecule has 15 heavy (non-hydrogen) atoms. The summed E-state index contributed by atoms with van der Waals surface area (Å²) in [4.78, 5) is 11.0. The van der Waals surface area contributed by atoms with E-state index in [2.05, 4.69) is 11.1 Å². The molecule has 0 bridgehead atoms. The third kappa shape index (κ3) is 6.48. The molecular weight excluding hydrogens is 194 g/mol. The zero-order chi connectivity index (χ0) is 11.5. The second kappa shape index (κ2) is 8.98. The van der Waals surface area contributed by atoms with Crippen LogP contribution in [0, 0.1) is 0 Å². The quantitative estimate of drug-likeness (QED) is 0.688. The van der Waals surface area contributed by atoms with Gasteiger partial charge in [-0.1, -0.05) is 18.2 Å². The van der Waals surface area contributed by atoms with Crippen LogP contribution in [0.1, 0.15) is 0 Å². The highest BCUT2D eigenvalue weighted by Crippen LogP contribution is 2.04. The summed E-state index contributed by atoms with van der Waals surface area (Å²) in [5, 5.41) is 2.56. The Morgan fingerprint density at radius 2 is 1.93 bits per heavy atom. The Balaban J connectivity index is 0.000000921. The predicted molar refractivity (Wildman–Crippen MR) is 60.6 cm³/mol. The standard InChI is InChI=1S/C9H12N2O2.CH5N/c10-6-7-13-9(12)11-8-4-2-1-3-5-8;1-2/h1-5H,6-7,10H2,(H,11,12);2H2,1H3. The first-order chi connectivity index (χ1) is 7.33. The molecule has 1 amide bonds. The van der Waals surface area contributed by atoms with Gasteiger partial charge in [0.1, 0.15) is 6.61 Å². The van der Waals surface area contributed by atoms with Gasteiger partial charge in [0, 0.05) is 12.2 Å². The van der Waals surface area contributed by atoms with Gasteiger partial charge in [-0.25, -0.2) is 4.79 Å². The van der Waals surface area contributed by atoms with Crippen molar-refractivity contribution >= 4 is 11.8 Å². The lowest BCUT2D eigenvalue weighted by atomic mass is 10.3. The molecule has 0 aliphatic heterocycles. The number of hydrogen-bond donors (Lipinski definition) is 3. The Bertz CT molecular complexity index is 265. The fourth-order valence-electron chi connectivity index (χ4n) is 0.827. The van der Waals surface area contributed by atoms with Gasteiger partial charge >= 0.3 is 6.09 Å². The summed E-state index contributed by atoms with van der Waals surface area (Å²) in [5.41, 5.74) is 10.4. The number of amides is 1. The molecule has 1 aromatic rings. The van der Waals surface area contributed by atoms with Crippen LogP contribution in [0.2, 0.25) is 0 Å². The minimum absolute atomic E-state index is 0.235. The molecule has 0 atom stereocenters. The molecule has 0 saturated carbocycles. The Morgan fingerprint density at radius 1 is 1.33 bits per heavy atom. The van der Waals surface area contributed by atoms with E-state index in [0.29, 0.717) is 12.2 Å². The zero-order valence-corrected chi connectivity index (χ0v) is 8.77. The number of carbonyl (C=O) groups is 1. The first kappa shape index (κ1) is 13.4. The molecule has 5 N–H and O–H groups in total. The Labute approximate surface area is 89.4 Å². The van der Waals surface area contributed by atoms with Crippen LogP contribution >= 0.6 is 0 Å². The fourth-order valence-corrected chi connectivity index (χ4v) is 0.827. The van der Waals surface area contributed by atoms with Gasteiger partial charge in [-0.3, -0.25) is 5.32 Å². The predicted octanol–water partition coefficient (Wildman–Crippen LogP) is 0.769. The molecule has 0 unspecified atom stereocenters. The van der Waals surface area contributed by atoms with Crippen LogP contribution in [-0.2, 0) is 4.74 Å². The molecule has 0 saturated heterocycles. The maximum absolute atomic E-state index is 11.0. The van der Waals surface area contributed by atoms with E-state index in [9.17, 15) is 4.79 Å². The summed E-state index contributed by atoms with van der Waals surface area (Å²) in [5.74, 6) is 0.